The molecule has 1 spiro atoms. The van der Waals surface area contributed by atoms with Gasteiger partial charge in [-0.3, -0.25) is 8.98 Å². The topological polar surface area (TPSA) is 195 Å². The van der Waals surface area contributed by atoms with Crippen LogP contribution in [-0.4, -0.2) is 62.5 Å². The molecule has 0 fully saturated rings. The molecule has 1 unspecified atom stereocenters. The summed E-state index contributed by atoms with van der Waals surface area (Å²) in [5.74, 6) is -3.62. The molecule has 0 aromatic heterocycles. The summed E-state index contributed by atoms with van der Waals surface area (Å²) in [5, 5.41) is 29.7. The number of nitrogens with one attached hydrogen (secondary N) is 1. The average molecular weight is 643 g/mol. The zero-order chi connectivity index (χ0) is 31.9. The van der Waals surface area contributed by atoms with Crippen LogP contribution in [0.4, 0.5) is 18.9 Å². The number of halogens is 3. The van der Waals surface area contributed by atoms with Crippen molar-refractivity contribution in [2.24, 2.45) is 5.73 Å². The fourth-order valence-corrected chi connectivity index (χ4v) is 4.85. The third kappa shape index (κ3) is 6.48. The molecule has 6 N–H and O–H groups in total. The first-order valence-corrected chi connectivity index (χ1v) is 14.7. The number of aliphatic carboxylic acids is 1. The fraction of sp³-hybridized carbons (Fsp3) is 0.192. The van der Waals surface area contributed by atoms with Gasteiger partial charge in [-0.2, -0.15) is 13.2 Å². The summed E-state index contributed by atoms with van der Waals surface area (Å²) >= 11 is 4.65. The first-order valence-electron chi connectivity index (χ1n) is 11.9. The summed E-state index contributed by atoms with van der Waals surface area (Å²) in [6, 6.07) is 12.4. The molecule has 3 aromatic carbocycles. The van der Waals surface area contributed by atoms with Crippen LogP contribution in [0.2, 0.25) is 0 Å². The van der Waals surface area contributed by atoms with Crippen molar-refractivity contribution in [1.82, 2.24) is 0 Å². The van der Waals surface area contributed by atoms with Gasteiger partial charge in [0.05, 0.1) is 12.2 Å². The molecule has 12 nitrogen and oxygen atoms in total. The predicted octanol–water partition coefficient (Wildman–Crippen LogP) is 2.87. The smallest absolute Gasteiger partial charge is 0.490 e. The highest BCUT2D eigenvalue weighted by atomic mass is 32.8. The molecule has 2 aliphatic heterocycles. The molecule has 1 amide bonds. The van der Waals surface area contributed by atoms with Crippen LogP contribution in [0.25, 0.3) is 0 Å². The van der Waals surface area contributed by atoms with Crippen molar-refractivity contribution in [1.29, 1.82) is 0 Å². The Morgan fingerprint density at radius 2 is 1.56 bits per heavy atom. The zero-order valence-electron chi connectivity index (χ0n) is 21.7. The van der Waals surface area contributed by atoms with Crippen molar-refractivity contribution < 1.29 is 60.7 Å². The lowest BCUT2D eigenvalue weighted by Gasteiger charge is -2.36. The van der Waals surface area contributed by atoms with E-state index in [0.717, 1.165) is 0 Å². The van der Waals surface area contributed by atoms with E-state index in [2.05, 4.69) is 16.5 Å². The number of amides is 1. The molecule has 17 heteroatoms. The van der Waals surface area contributed by atoms with Gasteiger partial charge in [-0.1, -0.05) is 6.07 Å². The summed E-state index contributed by atoms with van der Waals surface area (Å²) < 4.78 is 60.1. The van der Waals surface area contributed by atoms with Gasteiger partial charge in [0, 0.05) is 52.0 Å². The van der Waals surface area contributed by atoms with Crippen LogP contribution < -0.4 is 15.8 Å². The van der Waals surface area contributed by atoms with Gasteiger partial charge in [0.15, 0.2) is 5.60 Å². The normalized spacial score (nSPS) is 16.2. The highest BCUT2D eigenvalue weighted by Crippen LogP contribution is 2.57. The van der Waals surface area contributed by atoms with E-state index in [1.54, 1.807) is 24.3 Å². The van der Waals surface area contributed by atoms with E-state index in [9.17, 15) is 37.2 Å². The predicted molar refractivity (Wildman–Crippen MR) is 146 cm³/mol. The molecule has 0 saturated carbocycles. The Morgan fingerprint density at radius 1 is 1.05 bits per heavy atom. The molecule has 0 radical (unpaired) electrons. The number of hydrogen-bond donors (Lipinski definition) is 5. The third-order valence-corrected chi connectivity index (χ3v) is 6.93. The number of carbonyl (C=O) groups excluding carboxylic acids is 2. The van der Waals surface area contributed by atoms with Crippen LogP contribution in [-0.2, 0) is 44.1 Å². The summed E-state index contributed by atoms with van der Waals surface area (Å²) in [6.45, 7) is -0.339. The minimum atomic E-state index is -5.08. The Kier molecular flexibility index (Phi) is 8.29. The van der Waals surface area contributed by atoms with E-state index in [4.69, 9.17) is 29.3 Å². The molecule has 0 bridgehead atoms. The maximum Gasteiger partial charge on any atom is 0.490 e. The minimum absolute atomic E-state index is 0.0506. The van der Waals surface area contributed by atoms with E-state index in [-0.39, 0.29) is 40.9 Å². The molecular weight excluding hydrogens is 621 g/mol. The highest BCUT2D eigenvalue weighted by Gasteiger charge is 2.53. The number of nitrogens with two attached hydrogens (primary N) is 1. The van der Waals surface area contributed by atoms with Gasteiger partial charge >= 0.3 is 18.1 Å². The molecule has 228 valence electrons. The monoisotopic (exact) mass is 642 g/mol. The van der Waals surface area contributed by atoms with Crippen molar-refractivity contribution >= 4 is 43.5 Å². The van der Waals surface area contributed by atoms with E-state index >= 15 is 0 Å². The van der Waals surface area contributed by atoms with E-state index < -0.39 is 44.4 Å². The van der Waals surface area contributed by atoms with Crippen molar-refractivity contribution in [3.05, 3.63) is 76.9 Å². The second kappa shape index (κ2) is 11.3. The summed E-state index contributed by atoms with van der Waals surface area (Å²) in [5.41, 5.74) is 6.31. The average Bonchev–Trinajstić information content (AvgIpc) is 3.18. The van der Waals surface area contributed by atoms with E-state index in [0.29, 0.717) is 16.7 Å². The zero-order valence-corrected chi connectivity index (χ0v) is 23.3. The molecule has 3 aromatic rings. The summed E-state index contributed by atoms with van der Waals surface area (Å²) in [6.07, 6.45) is -3.87. The van der Waals surface area contributed by atoms with Gasteiger partial charge in [0.1, 0.15) is 37.8 Å². The van der Waals surface area contributed by atoms with Crippen LogP contribution in [0.1, 0.15) is 27.0 Å². The number of fused-ring (bicyclic) bond motifs is 6. The molecular formula is C26H21F3N2O10S2. The number of phenolic OH excluding ortho intramolecular Hbond substituents is 2. The number of hydrogen-bond acceptors (Lipinski definition) is 11. The van der Waals surface area contributed by atoms with Crippen LogP contribution in [0.15, 0.2) is 54.6 Å². The number of carbonyl (C=O) groups is 3. The maximum absolute atomic E-state index is 13.1. The lowest BCUT2D eigenvalue weighted by atomic mass is 9.77. The van der Waals surface area contributed by atoms with Crippen molar-refractivity contribution in [2.45, 2.75) is 17.8 Å². The Hall–Kier alpha value is -4.45. The number of aromatic hydroxyl groups is 2. The van der Waals surface area contributed by atoms with Gasteiger partial charge in [-0.25, -0.2) is 13.8 Å². The minimum Gasteiger partial charge on any atom is -0.508 e. The molecule has 0 aliphatic carbocycles. The van der Waals surface area contributed by atoms with Crippen LogP contribution >= 0.6 is 0 Å². The Balaban J connectivity index is 0.000000541. The van der Waals surface area contributed by atoms with E-state index in [1.807, 2.05) is 0 Å². The molecule has 2 heterocycles. The van der Waals surface area contributed by atoms with Crippen LogP contribution in [0.3, 0.4) is 0 Å². The molecule has 43 heavy (non-hydrogen) atoms. The quantitative estimate of drug-likeness (QED) is 0.256. The highest BCUT2D eigenvalue weighted by molar-refractivity contribution is 8.29. The summed E-state index contributed by atoms with van der Waals surface area (Å²) in [7, 11) is -2.94. The van der Waals surface area contributed by atoms with Gasteiger partial charge in [0.25, 0.3) is 0 Å². The second-order valence-corrected chi connectivity index (χ2v) is 12.6. The molecule has 2 atom stereocenters. The number of carboxylic acid groups (broad SMARTS) is 1. The lowest BCUT2D eigenvalue weighted by molar-refractivity contribution is -0.192. The molecule has 0 saturated heterocycles. The van der Waals surface area contributed by atoms with E-state index in [1.165, 1.54) is 36.6 Å². The number of anilines is 1. The number of esters is 1. The number of rotatable bonds is 5. The standard InChI is InChI=1S/C24H20N2O8S2.C2HF3O2/c1-36(31,35)32-11-19(25)22(29)26-12-2-5-16-15(8-12)23(30)34-24(16)17-6-3-13(27)9-20(17)33-21-10-14(28)4-7-18(21)24;3-2(4,5)1(6)7/h2-10,19,27-28H,11,25H2,1H3,(H,26,29);(H,6,7)/t19-,36?;/m1./s1. The number of ether oxygens (including phenoxy) is 2. The van der Waals surface area contributed by atoms with Gasteiger partial charge in [-0.15, -0.1) is 0 Å². The Morgan fingerprint density at radius 3 is 2.05 bits per heavy atom. The molecule has 5 rings (SSSR count). The Bertz CT molecular complexity index is 1690. The molecule has 2 aliphatic rings. The third-order valence-electron chi connectivity index (χ3n) is 6.08. The second-order valence-electron chi connectivity index (χ2n) is 9.18. The van der Waals surface area contributed by atoms with Crippen LogP contribution in [0, 0.1) is 0 Å². The number of alkyl halides is 3. The largest absolute Gasteiger partial charge is 0.508 e. The van der Waals surface area contributed by atoms with Gasteiger partial charge in [-0.05, 0) is 36.4 Å². The fourth-order valence-electron chi connectivity index (χ4n) is 4.29. The van der Waals surface area contributed by atoms with Crippen molar-refractivity contribution in [3.8, 4) is 23.0 Å². The SMILES string of the molecule is CS(=O)(=S)OC[C@@H](N)C(=O)Nc1ccc2c(c1)C(=O)OC21c2ccc(O)cc2Oc2cc(O)ccc21.O=C(O)C(F)(F)F. The van der Waals surface area contributed by atoms with Gasteiger partial charge < -0.3 is 35.8 Å². The lowest BCUT2D eigenvalue weighted by Crippen LogP contribution is -2.40. The number of carboxylic acids is 1. The van der Waals surface area contributed by atoms with Crippen LogP contribution in [0.5, 0.6) is 23.0 Å². The first kappa shape index (κ1) is 31.5. The summed E-state index contributed by atoms with van der Waals surface area (Å²) in [4.78, 5) is 34.5. The number of benzene rings is 3. The Labute approximate surface area is 245 Å². The van der Waals surface area contributed by atoms with Gasteiger partial charge in [0.2, 0.25) is 5.91 Å². The van der Waals surface area contributed by atoms with Crippen molar-refractivity contribution in [2.75, 3.05) is 18.2 Å². The number of phenols is 2. The maximum atomic E-state index is 13.1. The first-order chi connectivity index (χ1) is 19.9. The van der Waals surface area contributed by atoms with Crippen molar-refractivity contribution in [3.63, 3.8) is 0 Å².